The molecule has 0 aromatic rings. The van der Waals surface area contributed by atoms with Gasteiger partial charge in [0.25, 0.3) is 0 Å². The summed E-state index contributed by atoms with van der Waals surface area (Å²) in [5, 5.41) is 6.26. The fourth-order valence-electron chi connectivity index (χ4n) is 2.13. The number of rotatable bonds is 5. The fraction of sp³-hybridized carbons (Fsp3) is 0.909. The van der Waals surface area contributed by atoms with Gasteiger partial charge in [-0.2, -0.15) is 4.31 Å². The number of guanidine groups is 1. The summed E-state index contributed by atoms with van der Waals surface area (Å²) in [6.07, 6.45) is 3.08. The van der Waals surface area contributed by atoms with Crippen LogP contribution in [-0.2, 0) is 10.0 Å². The van der Waals surface area contributed by atoms with Crippen LogP contribution in [0.4, 0.5) is 0 Å². The molecule has 1 atom stereocenters. The Morgan fingerprint density at radius 3 is 2.44 bits per heavy atom. The van der Waals surface area contributed by atoms with E-state index in [0.717, 1.165) is 31.9 Å². The first-order chi connectivity index (χ1) is 8.49. The molecule has 0 saturated carbocycles. The Balaban J connectivity index is 2.62. The van der Waals surface area contributed by atoms with Gasteiger partial charge in [0.15, 0.2) is 5.96 Å². The fourth-order valence-corrected chi connectivity index (χ4v) is 3.31. The number of nitrogens with zero attached hydrogens (tertiary/aromatic N) is 2. The van der Waals surface area contributed by atoms with Gasteiger partial charge in [-0.25, -0.2) is 8.42 Å². The lowest BCUT2D eigenvalue weighted by Gasteiger charge is -2.21. The minimum Gasteiger partial charge on any atom is -0.357 e. The highest BCUT2D eigenvalue weighted by atomic mass is 32.2. The number of aliphatic imine (C=N–C) groups is 1. The smallest absolute Gasteiger partial charge is 0.211 e. The molecule has 0 aromatic heterocycles. The summed E-state index contributed by atoms with van der Waals surface area (Å²) in [7, 11) is -3.10. The quantitative estimate of drug-likeness (QED) is 0.547. The van der Waals surface area contributed by atoms with E-state index in [9.17, 15) is 8.42 Å². The zero-order valence-electron chi connectivity index (χ0n) is 11.4. The normalized spacial score (nSPS) is 20.7. The molecule has 6 nitrogen and oxygen atoms in total. The van der Waals surface area contributed by atoms with Gasteiger partial charge < -0.3 is 10.6 Å². The maximum Gasteiger partial charge on any atom is 0.211 e. The molecule has 1 aliphatic heterocycles. The Labute approximate surface area is 110 Å². The lowest BCUT2D eigenvalue weighted by Crippen LogP contribution is -2.40. The number of hydrogen-bond acceptors (Lipinski definition) is 3. The van der Waals surface area contributed by atoms with Crippen LogP contribution in [0.15, 0.2) is 4.99 Å². The zero-order chi connectivity index (χ0) is 13.6. The number of nitrogens with one attached hydrogen (secondary N) is 2. The molecule has 1 heterocycles. The van der Waals surface area contributed by atoms with E-state index in [1.807, 2.05) is 13.8 Å². The average molecular weight is 276 g/mol. The molecule has 0 radical (unpaired) electrons. The first kappa shape index (κ1) is 15.2. The molecule has 1 saturated heterocycles. The summed E-state index contributed by atoms with van der Waals surface area (Å²) in [4.78, 5) is 4.44. The molecular weight excluding hydrogens is 252 g/mol. The van der Waals surface area contributed by atoms with Crippen LogP contribution in [0.1, 0.15) is 26.7 Å². The highest BCUT2D eigenvalue weighted by molar-refractivity contribution is 7.88. The Morgan fingerprint density at radius 2 is 1.94 bits per heavy atom. The Kier molecular flexibility index (Phi) is 5.87. The van der Waals surface area contributed by atoms with Crippen molar-refractivity contribution in [1.82, 2.24) is 14.9 Å². The van der Waals surface area contributed by atoms with Crippen molar-refractivity contribution in [3.05, 3.63) is 0 Å². The molecule has 1 aliphatic rings. The third kappa shape index (κ3) is 4.45. The number of sulfonamides is 1. The molecule has 0 aliphatic carbocycles. The van der Waals surface area contributed by atoms with Crippen LogP contribution in [0.25, 0.3) is 0 Å². The van der Waals surface area contributed by atoms with Gasteiger partial charge in [-0.05, 0) is 26.7 Å². The van der Waals surface area contributed by atoms with Crippen molar-refractivity contribution in [2.75, 3.05) is 32.4 Å². The third-order valence-electron chi connectivity index (χ3n) is 2.90. The van der Waals surface area contributed by atoms with Crippen molar-refractivity contribution >= 4 is 16.0 Å². The first-order valence-corrected chi connectivity index (χ1v) is 8.32. The van der Waals surface area contributed by atoms with Gasteiger partial charge in [0.05, 0.1) is 12.8 Å². The molecular formula is C11H24N4O2S. The maximum atomic E-state index is 11.6. The molecule has 18 heavy (non-hydrogen) atoms. The van der Waals surface area contributed by atoms with Crippen LogP contribution in [-0.4, -0.2) is 57.2 Å². The Bertz CT molecular complexity index is 373. The Hall–Kier alpha value is -0.820. The van der Waals surface area contributed by atoms with Crippen LogP contribution < -0.4 is 10.6 Å². The van der Waals surface area contributed by atoms with Gasteiger partial charge in [0.2, 0.25) is 10.0 Å². The molecule has 0 amide bonds. The summed E-state index contributed by atoms with van der Waals surface area (Å²) in [6, 6.07) is 0.00677. The van der Waals surface area contributed by atoms with Crippen molar-refractivity contribution in [1.29, 1.82) is 0 Å². The topological polar surface area (TPSA) is 73.8 Å². The van der Waals surface area contributed by atoms with Crippen molar-refractivity contribution < 1.29 is 8.42 Å². The van der Waals surface area contributed by atoms with Crippen LogP contribution in [0.5, 0.6) is 0 Å². The monoisotopic (exact) mass is 276 g/mol. The van der Waals surface area contributed by atoms with Crippen LogP contribution in [0.3, 0.4) is 0 Å². The average Bonchev–Trinajstić information content (AvgIpc) is 2.74. The van der Waals surface area contributed by atoms with Crippen LogP contribution in [0.2, 0.25) is 0 Å². The summed E-state index contributed by atoms with van der Waals surface area (Å²) in [6.45, 7) is 6.74. The lowest BCUT2D eigenvalue weighted by atomic mass is 10.2. The molecule has 1 rings (SSSR count). The summed E-state index contributed by atoms with van der Waals surface area (Å²) in [5.74, 6) is 0.750. The van der Waals surface area contributed by atoms with E-state index >= 15 is 0 Å². The summed E-state index contributed by atoms with van der Waals surface area (Å²) in [5.41, 5.74) is 0. The largest absolute Gasteiger partial charge is 0.357 e. The van der Waals surface area contributed by atoms with E-state index in [4.69, 9.17) is 0 Å². The SMILES string of the molecule is CCNC(=NC[C@H]1CCCN1S(C)(=O)=O)NCC. The molecule has 106 valence electrons. The second kappa shape index (κ2) is 6.94. The maximum absolute atomic E-state index is 11.6. The first-order valence-electron chi connectivity index (χ1n) is 6.48. The molecule has 0 spiro atoms. The predicted molar refractivity (Wildman–Crippen MR) is 74.2 cm³/mol. The van der Waals surface area contributed by atoms with E-state index in [2.05, 4.69) is 15.6 Å². The van der Waals surface area contributed by atoms with Gasteiger partial charge in [0.1, 0.15) is 0 Å². The molecule has 0 unspecified atom stereocenters. The minimum atomic E-state index is -3.10. The Morgan fingerprint density at radius 1 is 1.33 bits per heavy atom. The molecule has 0 bridgehead atoms. The van der Waals surface area contributed by atoms with E-state index in [-0.39, 0.29) is 6.04 Å². The van der Waals surface area contributed by atoms with E-state index in [1.54, 1.807) is 4.31 Å². The molecule has 7 heteroatoms. The van der Waals surface area contributed by atoms with E-state index in [0.29, 0.717) is 13.1 Å². The summed E-state index contributed by atoms with van der Waals surface area (Å²) >= 11 is 0. The molecule has 1 fully saturated rings. The molecule has 2 N–H and O–H groups in total. The number of hydrogen-bond donors (Lipinski definition) is 2. The zero-order valence-corrected chi connectivity index (χ0v) is 12.3. The van der Waals surface area contributed by atoms with Gasteiger partial charge >= 0.3 is 0 Å². The predicted octanol–water partition coefficient (Wildman–Crippen LogP) is -0.0146. The van der Waals surface area contributed by atoms with Crippen molar-refractivity contribution in [2.45, 2.75) is 32.7 Å². The third-order valence-corrected chi connectivity index (χ3v) is 4.23. The van der Waals surface area contributed by atoms with Gasteiger partial charge in [-0.15, -0.1) is 0 Å². The van der Waals surface area contributed by atoms with Gasteiger partial charge in [0, 0.05) is 25.7 Å². The van der Waals surface area contributed by atoms with Crippen molar-refractivity contribution in [2.24, 2.45) is 4.99 Å². The van der Waals surface area contributed by atoms with Gasteiger partial charge in [-0.1, -0.05) is 0 Å². The second-order valence-corrected chi connectivity index (χ2v) is 6.35. The van der Waals surface area contributed by atoms with E-state index in [1.165, 1.54) is 6.26 Å². The van der Waals surface area contributed by atoms with Crippen molar-refractivity contribution in [3.63, 3.8) is 0 Å². The lowest BCUT2D eigenvalue weighted by molar-refractivity contribution is 0.396. The van der Waals surface area contributed by atoms with Crippen molar-refractivity contribution in [3.8, 4) is 0 Å². The highest BCUT2D eigenvalue weighted by Crippen LogP contribution is 2.20. The van der Waals surface area contributed by atoms with Crippen LogP contribution >= 0.6 is 0 Å². The van der Waals surface area contributed by atoms with Crippen LogP contribution in [0, 0.1) is 0 Å². The van der Waals surface area contributed by atoms with Gasteiger partial charge in [-0.3, -0.25) is 4.99 Å². The summed E-state index contributed by atoms with van der Waals surface area (Å²) < 4.78 is 24.7. The standard InChI is InChI=1S/C11H24N4O2S/c1-4-12-11(13-5-2)14-9-10-7-6-8-15(10)18(3,16)17/h10H,4-9H2,1-3H3,(H2,12,13,14)/t10-/m1/s1. The highest BCUT2D eigenvalue weighted by Gasteiger charge is 2.30. The van der Waals surface area contributed by atoms with E-state index < -0.39 is 10.0 Å². The second-order valence-electron chi connectivity index (χ2n) is 4.42. The molecule has 0 aromatic carbocycles. The minimum absolute atomic E-state index is 0.00677.